The average Bonchev–Trinajstić information content (AvgIpc) is 2.34. The third kappa shape index (κ3) is 3.95. The second kappa shape index (κ2) is 7.10. The van der Waals surface area contributed by atoms with Crippen molar-refractivity contribution in [3.8, 4) is 0 Å². The van der Waals surface area contributed by atoms with Crippen molar-refractivity contribution in [1.82, 2.24) is 0 Å². The van der Waals surface area contributed by atoms with Crippen molar-refractivity contribution in [2.75, 3.05) is 13.2 Å². The van der Waals surface area contributed by atoms with Crippen LogP contribution in [0.3, 0.4) is 0 Å². The van der Waals surface area contributed by atoms with Crippen molar-refractivity contribution < 1.29 is 19.0 Å². The molecule has 0 aliphatic carbocycles. The molecule has 106 valence electrons. The third-order valence-electron chi connectivity index (χ3n) is 3.92. The van der Waals surface area contributed by atoms with Gasteiger partial charge in [-0.15, -0.1) is 0 Å². The molecule has 1 heterocycles. The maximum Gasteiger partial charge on any atom is 0.302 e. The molecule has 0 spiro atoms. The highest BCUT2D eigenvalue weighted by molar-refractivity contribution is 5.65. The predicted molar refractivity (Wildman–Crippen MR) is 69.0 cm³/mol. The molecule has 1 aliphatic heterocycles. The number of esters is 1. The van der Waals surface area contributed by atoms with E-state index in [9.17, 15) is 4.79 Å². The molecule has 0 aromatic heterocycles. The molecule has 0 aromatic rings. The zero-order valence-electron chi connectivity index (χ0n) is 12.1. The lowest BCUT2D eigenvalue weighted by Crippen LogP contribution is -2.47. The van der Waals surface area contributed by atoms with Gasteiger partial charge in [-0.2, -0.15) is 0 Å². The van der Waals surface area contributed by atoms with Crippen LogP contribution < -0.4 is 0 Å². The Morgan fingerprint density at radius 1 is 1.17 bits per heavy atom. The smallest absolute Gasteiger partial charge is 0.302 e. The molecular formula is C14H26O4. The zero-order chi connectivity index (χ0) is 13.7. The van der Waals surface area contributed by atoms with Crippen LogP contribution in [0.5, 0.6) is 0 Å². The fraction of sp³-hybridized carbons (Fsp3) is 0.929. The van der Waals surface area contributed by atoms with Crippen LogP contribution in [0, 0.1) is 17.8 Å². The van der Waals surface area contributed by atoms with Gasteiger partial charge < -0.3 is 14.2 Å². The Bertz CT molecular complexity index is 267. The number of rotatable bonds is 5. The SMILES string of the molecule is CCCOC1OC(COC(C)=O)C(C)C(C)C1C. The number of ether oxygens (including phenoxy) is 3. The summed E-state index contributed by atoms with van der Waals surface area (Å²) in [5.41, 5.74) is 0. The quantitative estimate of drug-likeness (QED) is 0.711. The summed E-state index contributed by atoms with van der Waals surface area (Å²) >= 11 is 0. The number of hydrogen-bond donors (Lipinski definition) is 0. The van der Waals surface area contributed by atoms with Gasteiger partial charge in [0.1, 0.15) is 6.61 Å². The van der Waals surface area contributed by atoms with Gasteiger partial charge in [0, 0.05) is 19.4 Å². The van der Waals surface area contributed by atoms with Crippen LogP contribution in [0.2, 0.25) is 0 Å². The van der Waals surface area contributed by atoms with E-state index in [0.29, 0.717) is 31.0 Å². The fourth-order valence-electron chi connectivity index (χ4n) is 2.30. The van der Waals surface area contributed by atoms with Gasteiger partial charge in [-0.1, -0.05) is 27.7 Å². The molecule has 0 saturated carbocycles. The molecule has 5 atom stereocenters. The first-order valence-electron chi connectivity index (χ1n) is 6.87. The van der Waals surface area contributed by atoms with Gasteiger partial charge in [0.25, 0.3) is 0 Å². The summed E-state index contributed by atoms with van der Waals surface area (Å²) < 4.78 is 16.7. The summed E-state index contributed by atoms with van der Waals surface area (Å²) in [4.78, 5) is 10.9. The molecule has 4 nitrogen and oxygen atoms in total. The highest BCUT2D eigenvalue weighted by atomic mass is 16.7. The van der Waals surface area contributed by atoms with Crippen LogP contribution in [0.25, 0.3) is 0 Å². The van der Waals surface area contributed by atoms with Crippen LogP contribution >= 0.6 is 0 Å². The van der Waals surface area contributed by atoms with Crippen molar-refractivity contribution in [2.45, 2.75) is 53.4 Å². The van der Waals surface area contributed by atoms with E-state index in [-0.39, 0.29) is 18.4 Å². The van der Waals surface area contributed by atoms with Gasteiger partial charge >= 0.3 is 5.97 Å². The molecule has 1 rings (SSSR count). The van der Waals surface area contributed by atoms with Crippen LogP contribution in [0.4, 0.5) is 0 Å². The molecular weight excluding hydrogens is 232 g/mol. The fourth-order valence-corrected chi connectivity index (χ4v) is 2.30. The van der Waals surface area contributed by atoms with Gasteiger partial charge in [-0.05, 0) is 18.3 Å². The van der Waals surface area contributed by atoms with E-state index in [0.717, 1.165) is 6.42 Å². The first-order valence-corrected chi connectivity index (χ1v) is 6.87. The summed E-state index contributed by atoms with van der Waals surface area (Å²) in [5, 5.41) is 0. The van der Waals surface area contributed by atoms with Crippen LogP contribution in [-0.4, -0.2) is 31.6 Å². The van der Waals surface area contributed by atoms with Crippen LogP contribution in [-0.2, 0) is 19.0 Å². The Morgan fingerprint density at radius 2 is 1.83 bits per heavy atom. The summed E-state index contributed by atoms with van der Waals surface area (Å²) in [5.74, 6) is 0.949. The van der Waals surface area contributed by atoms with E-state index in [4.69, 9.17) is 14.2 Å². The van der Waals surface area contributed by atoms with Gasteiger partial charge in [0.05, 0.1) is 6.10 Å². The third-order valence-corrected chi connectivity index (χ3v) is 3.92. The largest absolute Gasteiger partial charge is 0.463 e. The van der Waals surface area contributed by atoms with E-state index in [1.165, 1.54) is 6.92 Å². The Labute approximate surface area is 110 Å². The van der Waals surface area contributed by atoms with Crippen molar-refractivity contribution in [2.24, 2.45) is 17.8 Å². The number of hydrogen-bond acceptors (Lipinski definition) is 4. The van der Waals surface area contributed by atoms with Crippen LogP contribution in [0.1, 0.15) is 41.0 Å². The maximum absolute atomic E-state index is 10.9. The van der Waals surface area contributed by atoms with E-state index < -0.39 is 0 Å². The molecule has 0 bridgehead atoms. The van der Waals surface area contributed by atoms with Crippen molar-refractivity contribution in [3.63, 3.8) is 0 Å². The predicted octanol–water partition coefficient (Wildman–Crippen LogP) is 2.61. The lowest BCUT2D eigenvalue weighted by molar-refractivity contribution is -0.255. The highest BCUT2D eigenvalue weighted by Crippen LogP contribution is 2.35. The van der Waals surface area contributed by atoms with E-state index in [2.05, 4.69) is 27.7 Å². The van der Waals surface area contributed by atoms with Crippen molar-refractivity contribution in [3.05, 3.63) is 0 Å². The summed E-state index contributed by atoms with van der Waals surface area (Å²) in [6.45, 7) is 11.0. The standard InChI is InChI=1S/C14H26O4/c1-6-7-16-14-11(4)9(2)10(3)13(18-14)8-17-12(5)15/h9-11,13-14H,6-8H2,1-5H3. The van der Waals surface area contributed by atoms with Crippen LogP contribution in [0.15, 0.2) is 0 Å². The average molecular weight is 258 g/mol. The highest BCUT2D eigenvalue weighted by Gasteiger charge is 2.39. The first kappa shape index (κ1) is 15.4. The minimum atomic E-state index is -0.261. The summed E-state index contributed by atoms with van der Waals surface area (Å²) in [6.07, 6.45) is 0.726. The molecule has 1 saturated heterocycles. The minimum absolute atomic E-state index is 0.0676. The van der Waals surface area contributed by atoms with E-state index in [1.807, 2.05) is 0 Å². The topological polar surface area (TPSA) is 44.8 Å². The molecule has 1 aliphatic rings. The first-order chi connectivity index (χ1) is 8.47. The zero-order valence-corrected chi connectivity index (χ0v) is 12.1. The summed E-state index contributed by atoms with van der Waals surface area (Å²) in [6, 6.07) is 0. The van der Waals surface area contributed by atoms with Gasteiger partial charge in [-0.3, -0.25) is 4.79 Å². The Morgan fingerprint density at radius 3 is 2.39 bits per heavy atom. The Balaban J connectivity index is 2.58. The second-order valence-corrected chi connectivity index (χ2v) is 5.29. The molecule has 0 radical (unpaired) electrons. The molecule has 1 fully saturated rings. The van der Waals surface area contributed by atoms with Crippen molar-refractivity contribution >= 4 is 5.97 Å². The number of carbonyl (C=O) groups excluding carboxylic acids is 1. The van der Waals surface area contributed by atoms with Gasteiger partial charge in [0.2, 0.25) is 0 Å². The van der Waals surface area contributed by atoms with Crippen molar-refractivity contribution in [1.29, 1.82) is 0 Å². The molecule has 5 unspecified atom stereocenters. The molecule has 0 aromatic carbocycles. The van der Waals surface area contributed by atoms with Gasteiger partial charge in [-0.25, -0.2) is 0 Å². The second-order valence-electron chi connectivity index (χ2n) is 5.29. The minimum Gasteiger partial charge on any atom is -0.463 e. The van der Waals surface area contributed by atoms with Gasteiger partial charge in [0.15, 0.2) is 6.29 Å². The Hall–Kier alpha value is -0.610. The maximum atomic E-state index is 10.9. The number of carbonyl (C=O) groups is 1. The normalized spacial score (nSPS) is 36.4. The summed E-state index contributed by atoms with van der Waals surface area (Å²) in [7, 11) is 0. The molecule has 0 amide bonds. The molecule has 4 heteroatoms. The monoisotopic (exact) mass is 258 g/mol. The lowest BCUT2D eigenvalue weighted by Gasteiger charge is -2.43. The van der Waals surface area contributed by atoms with E-state index in [1.54, 1.807) is 0 Å². The molecule has 0 N–H and O–H groups in total. The molecule has 18 heavy (non-hydrogen) atoms. The Kier molecular flexibility index (Phi) is 6.09. The lowest BCUT2D eigenvalue weighted by atomic mass is 9.79. The van der Waals surface area contributed by atoms with E-state index >= 15 is 0 Å².